The Hall–Kier alpha value is -3.57. The number of carbonyl (C=O) groups excluding carboxylic acids is 1. The second-order valence-corrected chi connectivity index (χ2v) is 11.3. The molecule has 0 fully saturated rings. The van der Waals surface area contributed by atoms with Crippen LogP contribution in [0.15, 0.2) is 55.9 Å². The molecule has 0 amide bonds. The second-order valence-electron chi connectivity index (χ2n) is 9.34. The molecule has 0 bridgehead atoms. The Morgan fingerprint density at radius 2 is 1.83 bits per heavy atom. The van der Waals surface area contributed by atoms with Gasteiger partial charge in [-0.05, 0) is 70.5 Å². The highest BCUT2D eigenvalue weighted by Gasteiger charge is 2.34. The third-order valence-electron chi connectivity index (χ3n) is 6.23. The molecule has 0 aliphatic carbocycles. The molecular weight excluding hydrogens is 612 g/mol. The number of allylic oxidation sites excluding steroid dienone is 1. The summed E-state index contributed by atoms with van der Waals surface area (Å²) in [6, 6.07) is 8.26. The lowest BCUT2D eigenvalue weighted by molar-refractivity contribution is -0.139. The zero-order valence-electron chi connectivity index (χ0n) is 24.1. The van der Waals surface area contributed by atoms with E-state index in [2.05, 4.69) is 20.9 Å². The van der Waals surface area contributed by atoms with Crippen LogP contribution in [-0.2, 0) is 9.53 Å². The van der Waals surface area contributed by atoms with Crippen LogP contribution in [0.25, 0.3) is 6.08 Å². The van der Waals surface area contributed by atoms with Crippen molar-refractivity contribution in [1.82, 2.24) is 4.57 Å². The first-order valence-electron chi connectivity index (χ1n) is 13.2. The molecule has 41 heavy (non-hydrogen) atoms. The number of halogens is 1. The lowest BCUT2D eigenvalue weighted by Crippen LogP contribution is -2.40. The monoisotopic (exact) mass is 644 g/mol. The first kappa shape index (κ1) is 30.4. The summed E-state index contributed by atoms with van der Waals surface area (Å²) in [5.41, 5.74) is 1.77. The largest absolute Gasteiger partial charge is 0.493 e. The van der Waals surface area contributed by atoms with Gasteiger partial charge in [-0.1, -0.05) is 33.3 Å². The van der Waals surface area contributed by atoms with Crippen molar-refractivity contribution < 1.29 is 28.5 Å². The lowest BCUT2D eigenvalue weighted by Gasteiger charge is -2.25. The molecule has 4 rings (SSSR count). The average Bonchev–Trinajstić information content (AvgIpc) is 3.23. The van der Waals surface area contributed by atoms with Gasteiger partial charge in [0.2, 0.25) is 0 Å². The van der Waals surface area contributed by atoms with E-state index < -0.39 is 12.0 Å². The maximum absolute atomic E-state index is 14.1. The third-order valence-corrected chi connectivity index (χ3v) is 7.67. The molecule has 1 atom stereocenters. The molecule has 218 valence electrons. The highest BCUT2D eigenvalue weighted by atomic mass is 79.9. The number of carbonyl (C=O) groups is 1. The van der Waals surface area contributed by atoms with Crippen molar-refractivity contribution in [2.45, 2.75) is 46.8 Å². The average molecular weight is 646 g/mol. The van der Waals surface area contributed by atoms with Gasteiger partial charge in [0.25, 0.3) is 5.56 Å². The topological polar surface area (TPSA) is 97.6 Å². The van der Waals surface area contributed by atoms with E-state index in [0.717, 1.165) is 4.47 Å². The van der Waals surface area contributed by atoms with Crippen LogP contribution in [0.1, 0.15) is 51.8 Å². The van der Waals surface area contributed by atoms with Gasteiger partial charge in [0, 0.05) is 10.0 Å². The number of hydrogen-bond donors (Lipinski definition) is 0. The van der Waals surface area contributed by atoms with E-state index in [9.17, 15) is 9.59 Å². The van der Waals surface area contributed by atoms with Crippen LogP contribution in [0.4, 0.5) is 0 Å². The number of benzene rings is 2. The summed E-state index contributed by atoms with van der Waals surface area (Å²) >= 11 is 4.74. The lowest BCUT2D eigenvalue weighted by atomic mass is 9.95. The number of rotatable bonds is 10. The number of esters is 1. The minimum Gasteiger partial charge on any atom is -0.493 e. The summed E-state index contributed by atoms with van der Waals surface area (Å²) in [7, 11) is 3.11. The van der Waals surface area contributed by atoms with Crippen LogP contribution in [0.2, 0.25) is 0 Å². The van der Waals surface area contributed by atoms with E-state index in [1.54, 1.807) is 52.3 Å². The Morgan fingerprint density at radius 1 is 1.10 bits per heavy atom. The van der Waals surface area contributed by atoms with E-state index in [0.29, 0.717) is 55.8 Å². The van der Waals surface area contributed by atoms with Gasteiger partial charge in [0.15, 0.2) is 27.8 Å². The van der Waals surface area contributed by atoms with Gasteiger partial charge in [-0.25, -0.2) is 9.79 Å². The summed E-state index contributed by atoms with van der Waals surface area (Å²) in [6.07, 6.45) is 1.69. The predicted octanol–water partition coefficient (Wildman–Crippen LogP) is 4.76. The maximum Gasteiger partial charge on any atom is 0.338 e. The zero-order chi connectivity index (χ0) is 29.8. The van der Waals surface area contributed by atoms with Gasteiger partial charge in [-0.15, -0.1) is 0 Å². The molecule has 2 aromatic carbocycles. The minimum absolute atomic E-state index is 0.0668. The molecule has 9 nitrogen and oxygen atoms in total. The van der Waals surface area contributed by atoms with Gasteiger partial charge in [0.1, 0.15) is 0 Å². The highest BCUT2D eigenvalue weighted by molar-refractivity contribution is 9.10. The molecule has 2 heterocycles. The van der Waals surface area contributed by atoms with E-state index >= 15 is 0 Å². The number of fused-ring (bicyclic) bond motifs is 1. The van der Waals surface area contributed by atoms with Crippen molar-refractivity contribution in [1.29, 1.82) is 0 Å². The standard InChI is InChI=1S/C30H33BrN2O7S/c1-8-38-27-19(12-20(31)15-23(27)37-7)14-24-28(34)33-26(18-10-11-21(40-16(3)4)22(13-18)36-6)25(29(35)39-9-2)17(5)32-30(33)41-24/h10-16,26H,8-9H2,1-7H3/b24-14+/t26-/m0/s1. The Bertz CT molecular complexity index is 1670. The van der Waals surface area contributed by atoms with Crippen LogP contribution in [0.3, 0.4) is 0 Å². The van der Waals surface area contributed by atoms with Crippen molar-refractivity contribution >= 4 is 39.3 Å². The summed E-state index contributed by atoms with van der Waals surface area (Å²) in [5, 5.41) is 0. The van der Waals surface area contributed by atoms with Crippen LogP contribution in [-0.4, -0.2) is 44.1 Å². The first-order valence-corrected chi connectivity index (χ1v) is 14.8. The van der Waals surface area contributed by atoms with Crippen molar-refractivity contribution in [3.8, 4) is 23.0 Å². The SMILES string of the molecule is CCOC(=O)C1=C(C)N=c2s/c(=C/c3cc(Br)cc(OC)c3OCC)c(=O)n2[C@H]1c1ccc(OC(C)C)c(OC)c1. The number of methoxy groups -OCH3 is 2. The molecule has 0 N–H and O–H groups in total. The van der Waals surface area contributed by atoms with Gasteiger partial charge < -0.3 is 23.7 Å². The number of hydrogen-bond acceptors (Lipinski definition) is 9. The van der Waals surface area contributed by atoms with E-state index in [1.807, 2.05) is 32.9 Å². The highest BCUT2D eigenvalue weighted by Crippen LogP contribution is 2.37. The van der Waals surface area contributed by atoms with Crippen LogP contribution in [0, 0.1) is 0 Å². The summed E-state index contributed by atoms with van der Waals surface area (Å²) in [6.45, 7) is 9.81. The fourth-order valence-electron chi connectivity index (χ4n) is 4.60. The van der Waals surface area contributed by atoms with Gasteiger partial charge in [0.05, 0.1) is 55.4 Å². The van der Waals surface area contributed by atoms with Crippen molar-refractivity contribution in [2.75, 3.05) is 27.4 Å². The van der Waals surface area contributed by atoms with Crippen LogP contribution >= 0.6 is 27.3 Å². The summed E-state index contributed by atoms with van der Waals surface area (Å²) < 4.78 is 31.0. The van der Waals surface area contributed by atoms with Gasteiger partial charge in [-0.3, -0.25) is 9.36 Å². The molecule has 3 aromatic rings. The van der Waals surface area contributed by atoms with Gasteiger partial charge in [-0.2, -0.15) is 0 Å². The molecule has 0 saturated carbocycles. The number of aromatic nitrogens is 1. The normalized spacial score (nSPS) is 15.0. The quantitative estimate of drug-likeness (QED) is 0.294. The molecule has 0 saturated heterocycles. The van der Waals surface area contributed by atoms with E-state index in [4.69, 9.17) is 23.7 Å². The number of ether oxygens (including phenoxy) is 5. The summed E-state index contributed by atoms with van der Waals surface area (Å²) in [5.74, 6) is 1.57. The molecule has 0 spiro atoms. The molecule has 0 unspecified atom stereocenters. The molecule has 11 heteroatoms. The molecule has 1 aliphatic heterocycles. The number of nitrogens with zero attached hydrogens (tertiary/aromatic N) is 2. The molecular formula is C30H33BrN2O7S. The second kappa shape index (κ2) is 12.9. The third kappa shape index (κ3) is 6.20. The Labute approximate surface area is 250 Å². The Kier molecular flexibility index (Phi) is 9.60. The zero-order valence-corrected chi connectivity index (χ0v) is 26.5. The Morgan fingerprint density at radius 3 is 2.46 bits per heavy atom. The molecule has 1 aromatic heterocycles. The van der Waals surface area contributed by atoms with E-state index in [-0.39, 0.29) is 23.8 Å². The summed E-state index contributed by atoms with van der Waals surface area (Å²) in [4.78, 5) is 32.4. The Balaban J connectivity index is 1.98. The van der Waals surface area contributed by atoms with Crippen LogP contribution in [0.5, 0.6) is 23.0 Å². The van der Waals surface area contributed by atoms with E-state index in [1.165, 1.54) is 15.9 Å². The predicted molar refractivity (Wildman–Crippen MR) is 161 cm³/mol. The van der Waals surface area contributed by atoms with Crippen LogP contribution < -0.4 is 33.8 Å². The first-order chi connectivity index (χ1) is 19.6. The smallest absolute Gasteiger partial charge is 0.338 e. The minimum atomic E-state index is -0.794. The van der Waals surface area contributed by atoms with Crippen molar-refractivity contribution in [3.63, 3.8) is 0 Å². The fourth-order valence-corrected chi connectivity index (χ4v) is 6.09. The van der Waals surface area contributed by atoms with Crippen molar-refractivity contribution in [2.24, 2.45) is 4.99 Å². The maximum atomic E-state index is 14.1. The molecule has 1 aliphatic rings. The fraction of sp³-hybridized carbons (Fsp3) is 0.367. The molecule has 0 radical (unpaired) electrons. The number of thiazole rings is 1. The van der Waals surface area contributed by atoms with Crippen molar-refractivity contribution in [3.05, 3.63) is 76.9 Å². The van der Waals surface area contributed by atoms with Gasteiger partial charge >= 0.3 is 5.97 Å².